The number of halogens is 4. The van der Waals surface area contributed by atoms with Gasteiger partial charge in [-0.2, -0.15) is 0 Å². The van der Waals surface area contributed by atoms with E-state index in [0.717, 1.165) is 32.9 Å². The van der Waals surface area contributed by atoms with E-state index in [1.54, 1.807) is 0 Å². The van der Waals surface area contributed by atoms with Gasteiger partial charge in [-0.1, -0.05) is 15.9 Å². The number of carboxylic acid groups (broad SMARTS) is 1. The summed E-state index contributed by atoms with van der Waals surface area (Å²) in [5.41, 5.74) is 0.704. The molecular weight excluding hydrogens is 367 g/mol. The minimum absolute atomic E-state index is 0.389. The molecule has 0 fully saturated rings. The Balaban J connectivity index is 3.28. The van der Waals surface area contributed by atoms with E-state index >= 15 is 0 Å². The Morgan fingerprint density at radius 3 is 2.41 bits per heavy atom. The Kier molecular flexibility index (Phi) is 5.31. The van der Waals surface area contributed by atoms with Gasteiger partial charge < -0.3 is 15.6 Å². The Labute approximate surface area is 134 Å². The van der Waals surface area contributed by atoms with Gasteiger partial charge in [-0.25, -0.2) is 18.0 Å². The molecule has 0 heterocycles. The second kappa shape index (κ2) is 6.17. The van der Waals surface area contributed by atoms with Gasteiger partial charge in [0.1, 0.15) is 23.6 Å². The van der Waals surface area contributed by atoms with Gasteiger partial charge in [0, 0.05) is 10.0 Å². The number of alkyl halides is 2. The Bertz CT molecular complexity index is 576. The predicted molar refractivity (Wildman–Crippen MR) is 78.3 cm³/mol. The molecule has 1 aromatic carbocycles. The van der Waals surface area contributed by atoms with Crippen molar-refractivity contribution in [2.24, 2.45) is 5.73 Å². The van der Waals surface area contributed by atoms with Crippen LogP contribution >= 0.6 is 15.9 Å². The van der Waals surface area contributed by atoms with Crippen LogP contribution in [-0.2, 0) is 15.1 Å². The van der Waals surface area contributed by atoms with Crippen LogP contribution in [0.3, 0.4) is 0 Å². The molecule has 0 saturated heterocycles. The lowest BCUT2D eigenvalue weighted by molar-refractivity contribution is -0.227. The van der Waals surface area contributed by atoms with Gasteiger partial charge in [-0.05, 0) is 39.0 Å². The maximum Gasteiger partial charge on any atom is 0.329 e. The molecule has 0 aromatic heterocycles. The van der Waals surface area contributed by atoms with Crippen molar-refractivity contribution in [3.63, 3.8) is 0 Å². The van der Waals surface area contributed by atoms with Crippen molar-refractivity contribution in [2.75, 3.05) is 6.61 Å². The fourth-order valence-electron chi connectivity index (χ4n) is 2.02. The van der Waals surface area contributed by atoms with Crippen molar-refractivity contribution in [2.45, 2.75) is 37.8 Å². The molecular formula is C14H17BrF3NO3. The van der Waals surface area contributed by atoms with Gasteiger partial charge in [-0.3, -0.25) is 0 Å². The summed E-state index contributed by atoms with van der Waals surface area (Å²) >= 11 is 3.08. The van der Waals surface area contributed by atoms with E-state index < -0.39 is 41.0 Å². The summed E-state index contributed by atoms with van der Waals surface area (Å²) in [5, 5.41) is 8.58. The molecule has 1 unspecified atom stereocenters. The summed E-state index contributed by atoms with van der Waals surface area (Å²) in [6.45, 7) is 2.08. The van der Waals surface area contributed by atoms with Crippen molar-refractivity contribution in [3.8, 4) is 0 Å². The van der Waals surface area contributed by atoms with Gasteiger partial charge in [0.2, 0.25) is 0 Å². The average Bonchev–Trinajstić information content (AvgIpc) is 2.38. The number of rotatable bonds is 6. The third-order valence-electron chi connectivity index (χ3n) is 3.45. The molecule has 0 bridgehead atoms. The van der Waals surface area contributed by atoms with E-state index in [-0.39, 0.29) is 0 Å². The maximum absolute atomic E-state index is 14.8. The minimum Gasteiger partial charge on any atom is -0.480 e. The Morgan fingerprint density at radius 1 is 1.36 bits per heavy atom. The number of carboxylic acids is 1. The van der Waals surface area contributed by atoms with Gasteiger partial charge >= 0.3 is 5.97 Å². The van der Waals surface area contributed by atoms with E-state index in [0.29, 0.717) is 4.47 Å². The fourth-order valence-corrected chi connectivity index (χ4v) is 2.38. The van der Waals surface area contributed by atoms with E-state index in [1.165, 1.54) is 6.07 Å². The number of hydrogen-bond donors (Lipinski definition) is 2. The van der Waals surface area contributed by atoms with Crippen LogP contribution in [0.4, 0.5) is 13.2 Å². The highest BCUT2D eigenvalue weighted by Gasteiger charge is 2.60. The first-order valence-electron chi connectivity index (χ1n) is 6.31. The third-order valence-corrected chi connectivity index (χ3v) is 3.95. The Morgan fingerprint density at radius 2 is 1.91 bits per heavy atom. The molecule has 0 aliphatic heterocycles. The molecule has 1 aromatic rings. The highest BCUT2D eigenvalue weighted by atomic mass is 79.9. The summed E-state index contributed by atoms with van der Waals surface area (Å²) in [6.07, 6.45) is 0. The first-order valence-corrected chi connectivity index (χ1v) is 7.10. The topological polar surface area (TPSA) is 72.5 Å². The highest BCUT2D eigenvalue weighted by molar-refractivity contribution is 9.10. The first-order chi connectivity index (χ1) is 9.83. The number of nitrogens with two attached hydrogens (primary N) is 1. The second-order valence-electron chi connectivity index (χ2n) is 5.59. The summed E-state index contributed by atoms with van der Waals surface area (Å²) in [7, 11) is 0. The van der Waals surface area contributed by atoms with Gasteiger partial charge in [0.25, 0.3) is 5.92 Å². The number of hydrogen-bond acceptors (Lipinski definition) is 3. The largest absolute Gasteiger partial charge is 0.480 e. The van der Waals surface area contributed by atoms with Crippen LogP contribution in [0, 0.1) is 5.82 Å². The van der Waals surface area contributed by atoms with E-state index in [9.17, 15) is 18.0 Å². The molecule has 8 heteroatoms. The maximum atomic E-state index is 14.8. The molecule has 0 amide bonds. The summed E-state index contributed by atoms with van der Waals surface area (Å²) in [5.74, 6) is -6.03. The van der Waals surface area contributed by atoms with Crippen LogP contribution in [0.1, 0.15) is 26.3 Å². The zero-order chi connectivity index (χ0) is 17.3. The monoisotopic (exact) mass is 383 g/mol. The number of ether oxygens (including phenoxy) is 1. The molecule has 0 aliphatic rings. The quantitative estimate of drug-likeness (QED) is 0.790. The zero-order valence-electron chi connectivity index (χ0n) is 12.3. The van der Waals surface area contributed by atoms with Crippen LogP contribution in [0.15, 0.2) is 22.7 Å². The molecule has 22 heavy (non-hydrogen) atoms. The highest BCUT2D eigenvalue weighted by Crippen LogP contribution is 2.45. The van der Waals surface area contributed by atoms with Crippen molar-refractivity contribution >= 4 is 21.9 Å². The predicted octanol–water partition coefficient (Wildman–Crippen LogP) is 3.28. The second-order valence-corrected chi connectivity index (χ2v) is 6.51. The van der Waals surface area contributed by atoms with Gasteiger partial charge in [-0.15, -0.1) is 0 Å². The molecule has 0 radical (unpaired) electrons. The standard InChI is InChI=1S/C14H17BrF3NO3/c1-12(2,22-7-11(20)21)14(17,18)13(3,19)9-6-8(15)4-5-10(9)16/h4-6H,7,19H2,1-3H3,(H,20,21). The van der Waals surface area contributed by atoms with Crippen molar-refractivity contribution in [1.29, 1.82) is 0 Å². The molecule has 0 spiro atoms. The van der Waals surface area contributed by atoms with E-state index in [2.05, 4.69) is 15.9 Å². The minimum atomic E-state index is -3.75. The zero-order valence-corrected chi connectivity index (χ0v) is 13.9. The van der Waals surface area contributed by atoms with Crippen LogP contribution < -0.4 is 5.73 Å². The van der Waals surface area contributed by atoms with Crippen molar-refractivity contribution < 1.29 is 27.8 Å². The normalized spacial score (nSPS) is 15.5. The number of benzene rings is 1. The van der Waals surface area contributed by atoms with Gasteiger partial charge in [0.15, 0.2) is 0 Å². The molecule has 1 rings (SSSR count). The molecule has 124 valence electrons. The van der Waals surface area contributed by atoms with Gasteiger partial charge in [0.05, 0.1) is 0 Å². The van der Waals surface area contributed by atoms with Crippen molar-refractivity contribution in [1.82, 2.24) is 0 Å². The van der Waals surface area contributed by atoms with E-state index in [1.807, 2.05) is 0 Å². The summed E-state index contributed by atoms with van der Waals surface area (Å²) in [6, 6.07) is 3.54. The molecule has 0 aliphatic carbocycles. The first kappa shape index (κ1) is 18.9. The number of aliphatic carboxylic acids is 1. The van der Waals surface area contributed by atoms with E-state index in [4.69, 9.17) is 15.6 Å². The van der Waals surface area contributed by atoms with Crippen LogP contribution in [-0.4, -0.2) is 29.2 Å². The summed E-state index contributed by atoms with van der Waals surface area (Å²) in [4.78, 5) is 10.5. The SMILES string of the molecule is CC(C)(OCC(=O)O)C(F)(F)C(C)(N)c1cc(Br)ccc1F. The fraction of sp³-hybridized carbons (Fsp3) is 0.500. The lowest BCUT2D eigenvalue weighted by atomic mass is 9.78. The molecule has 0 saturated carbocycles. The molecule has 4 nitrogen and oxygen atoms in total. The summed E-state index contributed by atoms with van der Waals surface area (Å²) < 4.78 is 48.7. The third kappa shape index (κ3) is 3.44. The van der Waals surface area contributed by atoms with Crippen LogP contribution in [0.5, 0.6) is 0 Å². The lowest BCUT2D eigenvalue weighted by Crippen LogP contribution is -2.62. The molecule has 3 N–H and O–H groups in total. The average molecular weight is 384 g/mol. The van der Waals surface area contributed by atoms with Crippen LogP contribution in [0.2, 0.25) is 0 Å². The smallest absolute Gasteiger partial charge is 0.329 e. The lowest BCUT2D eigenvalue weighted by Gasteiger charge is -2.43. The Hall–Kier alpha value is -1.12. The van der Waals surface area contributed by atoms with Crippen LogP contribution in [0.25, 0.3) is 0 Å². The number of carbonyl (C=O) groups is 1. The van der Waals surface area contributed by atoms with Crippen molar-refractivity contribution in [3.05, 3.63) is 34.1 Å². The molecule has 1 atom stereocenters.